The maximum absolute atomic E-state index is 12.6. The van der Waals surface area contributed by atoms with Crippen LogP contribution in [0.4, 0.5) is 24.5 Å². The summed E-state index contributed by atoms with van der Waals surface area (Å²) in [5.41, 5.74) is 0.285. The van der Waals surface area contributed by atoms with Gasteiger partial charge in [-0.3, -0.25) is 0 Å². The monoisotopic (exact) mass is 295 g/mol. The highest BCUT2D eigenvalue weighted by molar-refractivity contribution is 7.80. The fourth-order valence-electron chi connectivity index (χ4n) is 1.54. The summed E-state index contributed by atoms with van der Waals surface area (Å²) in [6, 6.07) is 14.6. The minimum atomic E-state index is -4.37. The van der Waals surface area contributed by atoms with Crippen LogP contribution >= 0.6 is 12.2 Å². The Labute approximate surface area is 119 Å². The predicted octanol–water partition coefficient (Wildman–Crippen LogP) is 4.31. The Kier molecular flexibility index (Phi) is 4.24. The Morgan fingerprint density at radius 2 is 1.65 bits per heavy atom. The van der Waals surface area contributed by atoms with Gasteiger partial charge < -0.3 is 10.6 Å². The minimum Gasteiger partial charge on any atom is -0.332 e. The van der Waals surface area contributed by atoms with Gasteiger partial charge in [0.2, 0.25) is 0 Å². The molecule has 0 aliphatic rings. The van der Waals surface area contributed by atoms with E-state index in [1.165, 1.54) is 12.1 Å². The molecule has 2 aromatic rings. The van der Waals surface area contributed by atoms with Gasteiger partial charge in [-0.25, -0.2) is 0 Å². The third-order valence-corrected chi connectivity index (χ3v) is 2.63. The van der Waals surface area contributed by atoms with Crippen molar-refractivity contribution in [3.63, 3.8) is 0 Å². The molecule has 0 bridgehead atoms. The summed E-state index contributed by atoms with van der Waals surface area (Å²) in [7, 11) is 0. The third kappa shape index (κ3) is 3.96. The summed E-state index contributed by atoms with van der Waals surface area (Å²) < 4.78 is 37.7. The van der Waals surface area contributed by atoms with E-state index in [4.69, 9.17) is 12.2 Å². The standard InChI is InChI=1S/C14H10F3N2S/c15-14(16,17)10-5-4-8-12(9-10)19-13(20)18-11-6-2-1-3-7-11/h2-9H,(H2,18,19,20). The van der Waals surface area contributed by atoms with Gasteiger partial charge >= 0.3 is 6.18 Å². The molecule has 0 spiro atoms. The number of hydrogen-bond donors (Lipinski definition) is 2. The summed E-state index contributed by atoms with van der Waals surface area (Å²) in [5, 5.41) is 5.80. The zero-order chi connectivity index (χ0) is 14.6. The molecule has 2 rings (SSSR count). The van der Waals surface area contributed by atoms with Crippen molar-refractivity contribution in [1.29, 1.82) is 0 Å². The van der Waals surface area contributed by atoms with Gasteiger partial charge in [-0.05, 0) is 48.6 Å². The van der Waals surface area contributed by atoms with Crippen LogP contribution in [-0.4, -0.2) is 5.11 Å². The van der Waals surface area contributed by atoms with Crippen LogP contribution < -0.4 is 10.6 Å². The van der Waals surface area contributed by atoms with Crippen molar-refractivity contribution in [2.45, 2.75) is 6.18 Å². The molecule has 0 saturated carbocycles. The number of thiocarbonyl (C=S) groups is 1. The Morgan fingerprint density at radius 1 is 1.00 bits per heavy atom. The fraction of sp³-hybridized carbons (Fsp3) is 0.0714. The number of rotatable bonds is 2. The van der Waals surface area contributed by atoms with Crippen molar-refractivity contribution in [2.75, 3.05) is 10.6 Å². The van der Waals surface area contributed by atoms with Crippen LogP contribution in [0.25, 0.3) is 0 Å². The molecule has 2 nitrogen and oxygen atoms in total. The van der Waals surface area contributed by atoms with Gasteiger partial charge in [-0.15, -0.1) is 0 Å². The van der Waals surface area contributed by atoms with E-state index in [1.807, 2.05) is 0 Å². The molecule has 0 atom stereocenters. The number of benzene rings is 2. The van der Waals surface area contributed by atoms with Gasteiger partial charge in [-0.1, -0.05) is 18.2 Å². The van der Waals surface area contributed by atoms with Gasteiger partial charge in [0.25, 0.3) is 0 Å². The average molecular weight is 295 g/mol. The molecule has 103 valence electrons. The van der Waals surface area contributed by atoms with Crippen molar-refractivity contribution in [1.82, 2.24) is 0 Å². The molecule has 0 aliphatic heterocycles. The predicted molar refractivity (Wildman–Crippen MR) is 76.6 cm³/mol. The van der Waals surface area contributed by atoms with Gasteiger partial charge in [-0.2, -0.15) is 13.2 Å². The summed E-state index contributed by atoms with van der Waals surface area (Å²) in [4.78, 5) is 0. The van der Waals surface area contributed by atoms with Crippen molar-refractivity contribution in [2.24, 2.45) is 0 Å². The first-order valence-electron chi connectivity index (χ1n) is 5.66. The molecule has 0 fully saturated rings. The summed E-state index contributed by atoms with van der Waals surface area (Å²) in [6.07, 6.45) is -4.37. The van der Waals surface area contributed by atoms with Crippen LogP contribution in [0.15, 0.2) is 48.5 Å². The lowest BCUT2D eigenvalue weighted by Crippen LogP contribution is -2.19. The summed E-state index contributed by atoms with van der Waals surface area (Å²) in [6.45, 7) is 0. The molecule has 0 aliphatic carbocycles. The summed E-state index contributed by atoms with van der Waals surface area (Å²) >= 11 is 5.04. The number of alkyl halides is 3. The lowest BCUT2D eigenvalue weighted by molar-refractivity contribution is -0.137. The van der Waals surface area contributed by atoms with E-state index >= 15 is 0 Å². The van der Waals surface area contributed by atoms with Gasteiger partial charge in [0.05, 0.1) is 5.56 Å². The molecular formula is C14H10F3N2S. The van der Waals surface area contributed by atoms with Crippen molar-refractivity contribution < 1.29 is 13.2 Å². The van der Waals surface area contributed by atoms with E-state index in [-0.39, 0.29) is 10.8 Å². The molecule has 6 heteroatoms. The molecule has 20 heavy (non-hydrogen) atoms. The summed E-state index contributed by atoms with van der Waals surface area (Å²) in [5.74, 6) is 0. The molecule has 0 amide bonds. The van der Waals surface area contributed by atoms with E-state index in [9.17, 15) is 13.2 Å². The number of hydrogen-bond acceptors (Lipinski definition) is 1. The molecular weight excluding hydrogens is 285 g/mol. The van der Waals surface area contributed by atoms with E-state index < -0.39 is 11.7 Å². The van der Waals surface area contributed by atoms with Crippen LogP contribution in [0.3, 0.4) is 0 Å². The molecule has 0 saturated heterocycles. The topological polar surface area (TPSA) is 24.1 Å². The van der Waals surface area contributed by atoms with Crippen LogP contribution in [0.5, 0.6) is 0 Å². The van der Waals surface area contributed by atoms with Gasteiger partial charge in [0.1, 0.15) is 0 Å². The maximum atomic E-state index is 12.6. The van der Waals surface area contributed by atoms with Crippen LogP contribution in [0.2, 0.25) is 0 Å². The maximum Gasteiger partial charge on any atom is 0.416 e. The smallest absolute Gasteiger partial charge is 0.332 e. The Balaban J connectivity index is 2.05. The zero-order valence-corrected chi connectivity index (χ0v) is 11.0. The quantitative estimate of drug-likeness (QED) is 0.807. The Morgan fingerprint density at radius 3 is 2.30 bits per heavy atom. The minimum absolute atomic E-state index is 0.218. The first kappa shape index (κ1) is 14.3. The van der Waals surface area contributed by atoms with E-state index in [1.54, 1.807) is 24.3 Å². The third-order valence-electron chi connectivity index (χ3n) is 2.42. The van der Waals surface area contributed by atoms with Gasteiger partial charge in [0.15, 0.2) is 5.11 Å². The second kappa shape index (κ2) is 5.92. The largest absolute Gasteiger partial charge is 0.416 e. The number of nitrogens with one attached hydrogen (secondary N) is 2. The zero-order valence-electron chi connectivity index (χ0n) is 10.2. The van der Waals surface area contributed by atoms with Crippen LogP contribution in [0, 0.1) is 6.07 Å². The lowest BCUT2D eigenvalue weighted by atomic mass is 10.2. The van der Waals surface area contributed by atoms with Gasteiger partial charge in [0, 0.05) is 11.4 Å². The highest BCUT2D eigenvalue weighted by Gasteiger charge is 2.30. The van der Waals surface area contributed by atoms with Crippen molar-refractivity contribution in [3.8, 4) is 0 Å². The highest BCUT2D eigenvalue weighted by atomic mass is 32.1. The molecule has 0 heterocycles. The van der Waals surface area contributed by atoms with E-state index in [0.717, 1.165) is 17.8 Å². The average Bonchev–Trinajstić information content (AvgIpc) is 2.39. The second-order valence-corrected chi connectivity index (χ2v) is 4.35. The van der Waals surface area contributed by atoms with E-state index in [2.05, 4.69) is 16.7 Å². The highest BCUT2D eigenvalue weighted by Crippen LogP contribution is 2.30. The number of anilines is 2. The van der Waals surface area contributed by atoms with Crippen molar-refractivity contribution in [3.05, 3.63) is 60.2 Å². The molecule has 1 radical (unpaired) electrons. The van der Waals surface area contributed by atoms with Crippen molar-refractivity contribution >= 4 is 28.7 Å². The molecule has 2 N–H and O–H groups in total. The van der Waals surface area contributed by atoms with Crippen LogP contribution in [0.1, 0.15) is 5.56 Å². The molecule has 2 aromatic carbocycles. The molecule has 0 aromatic heterocycles. The Hall–Kier alpha value is -2.08. The molecule has 0 unspecified atom stereocenters. The van der Waals surface area contributed by atoms with E-state index in [0.29, 0.717) is 0 Å². The Bertz CT molecular complexity index is 597. The second-order valence-electron chi connectivity index (χ2n) is 3.95. The SMILES string of the molecule is FC(F)(F)c1cccc(NC(=S)Nc2cc[c]cc2)c1. The number of halogens is 3. The first-order chi connectivity index (χ1) is 9.45. The lowest BCUT2D eigenvalue weighted by Gasteiger charge is -2.12. The first-order valence-corrected chi connectivity index (χ1v) is 6.07. The normalized spacial score (nSPS) is 10.9. The van der Waals surface area contributed by atoms with Crippen LogP contribution in [-0.2, 0) is 6.18 Å². The fourth-order valence-corrected chi connectivity index (χ4v) is 1.77.